The van der Waals surface area contributed by atoms with Gasteiger partial charge in [0.15, 0.2) is 0 Å². The molecule has 2 fully saturated rings. The van der Waals surface area contributed by atoms with Crippen molar-refractivity contribution in [3.05, 3.63) is 0 Å². The Kier molecular flexibility index (Phi) is 3.94. The van der Waals surface area contributed by atoms with Gasteiger partial charge in [0.2, 0.25) is 0 Å². The number of carbonyl (C=O) groups excluding carboxylic acids is 1. The fraction of sp³-hybridized carbons (Fsp3) is 0.889. The van der Waals surface area contributed by atoms with Crippen LogP contribution >= 0.6 is 0 Å². The summed E-state index contributed by atoms with van der Waals surface area (Å²) >= 11 is 0. The first-order chi connectivity index (χ1) is 7.79. The van der Waals surface area contributed by atoms with E-state index >= 15 is 0 Å². The lowest BCUT2D eigenvalue weighted by molar-refractivity contribution is -0.148. The van der Waals surface area contributed by atoms with Gasteiger partial charge in [-0.2, -0.15) is 15.1 Å². The summed E-state index contributed by atoms with van der Waals surface area (Å²) in [6.07, 6.45) is 0. The first-order valence-electron chi connectivity index (χ1n) is 5.80. The summed E-state index contributed by atoms with van der Waals surface area (Å²) in [6.45, 7) is 6.90. The van der Waals surface area contributed by atoms with Gasteiger partial charge in [0.25, 0.3) is 0 Å². The third-order valence-corrected chi connectivity index (χ3v) is 2.92. The van der Waals surface area contributed by atoms with Crippen LogP contribution in [0.2, 0.25) is 0 Å². The van der Waals surface area contributed by atoms with E-state index in [0.29, 0.717) is 0 Å². The molecule has 2 rings (SSSR count). The van der Waals surface area contributed by atoms with Crippen LogP contribution in [0, 0.1) is 0 Å². The highest BCUT2D eigenvalue weighted by molar-refractivity contribution is 5.70. The van der Waals surface area contributed by atoms with Gasteiger partial charge in [-0.15, -0.1) is 0 Å². The van der Waals surface area contributed by atoms with E-state index in [1.807, 2.05) is 10.0 Å². The van der Waals surface area contributed by atoms with Crippen LogP contribution in [0.25, 0.3) is 0 Å². The molecule has 0 aliphatic carbocycles. The van der Waals surface area contributed by atoms with Crippen LogP contribution < -0.4 is 16.4 Å². The second kappa shape index (κ2) is 5.44. The Morgan fingerprint density at radius 2 is 1.31 bits per heavy atom. The maximum atomic E-state index is 11.5. The number of urea groups is 1. The maximum Gasteiger partial charge on any atom is 0.344 e. The van der Waals surface area contributed by atoms with Crippen LogP contribution in [0.4, 0.5) is 4.79 Å². The first kappa shape index (κ1) is 11.6. The largest absolute Gasteiger partial charge is 0.349 e. The summed E-state index contributed by atoms with van der Waals surface area (Å²) in [5.74, 6) is 0. The molecule has 0 bridgehead atoms. The van der Waals surface area contributed by atoms with Gasteiger partial charge in [-0.25, -0.2) is 4.79 Å². The number of hydrazine groups is 2. The number of nitrogens with one attached hydrogen (secondary N) is 2. The molecule has 0 unspecified atom stereocenters. The van der Waals surface area contributed by atoms with E-state index in [-0.39, 0.29) is 6.03 Å². The fourth-order valence-electron chi connectivity index (χ4n) is 2.14. The van der Waals surface area contributed by atoms with Crippen LogP contribution in [-0.2, 0) is 0 Å². The van der Waals surface area contributed by atoms with Crippen LogP contribution in [0.3, 0.4) is 0 Å². The average Bonchev–Trinajstić information content (AvgIpc) is 2.31. The number of piperazine rings is 2. The Bertz CT molecular complexity index is 218. The van der Waals surface area contributed by atoms with Crippen LogP contribution in [0.5, 0.6) is 0 Å². The highest BCUT2D eigenvalue weighted by Gasteiger charge is 2.27. The Balaban J connectivity index is 1.99. The van der Waals surface area contributed by atoms with Crippen molar-refractivity contribution in [2.24, 2.45) is 5.73 Å². The van der Waals surface area contributed by atoms with Gasteiger partial charge in [0.1, 0.15) is 0 Å². The molecule has 2 aliphatic heterocycles. The molecule has 2 amide bonds. The minimum atomic E-state index is -0.385. The molecule has 2 saturated heterocycles. The third-order valence-electron chi connectivity index (χ3n) is 2.92. The minimum absolute atomic E-state index is 0.385. The molecule has 2 heterocycles. The third kappa shape index (κ3) is 2.62. The molecule has 4 N–H and O–H groups in total. The molecule has 7 nitrogen and oxygen atoms in total. The minimum Gasteiger partial charge on any atom is -0.349 e. The fourth-order valence-corrected chi connectivity index (χ4v) is 2.14. The van der Waals surface area contributed by atoms with Gasteiger partial charge in [0.05, 0.1) is 0 Å². The summed E-state index contributed by atoms with van der Waals surface area (Å²) in [5, 5.41) is 12.2. The topological polar surface area (TPSA) is 76.9 Å². The Morgan fingerprint density at radius 3 is 1.62 bits per heavy atom. The van der Waals surface area contributed by atoms with E-state index in [0.717, 1.165) is 52.4 Å². The zero-order valence-corrected chi connectivity index (χ0v) is 9.48. The highest BCUT2D eigenvalue weighted by atomic mass is 16.2. The van der Waals surface area contributed by atoms with Crippen LogP contribution in [0.15, 0.2) is 0 Å². The molecule has 0 spiro atoms. The number of nitrogens with zero attached hydrogens (tertiary/aromatic N) is 3. The Labute approximate surface area is 95.5 Å². The lowest BCUT2D eigenvalue weighted by Gasteiger charge is -2.44. The number of rotatable bonds is 2. The number of hydrogen-bond donors (Lipinski definition) is 3. The van der Waals surface area contributed by atoms with Crippen molar-refractivity contribution >= 4 is 6.03 Å². The van der Waals surface area contributed by atoms with Crippen molar-refractivity contribution in [1.82, 2.24) is 25.8 Å². The number of nitrogens with two attached hydrogens (primary N) is 1. The first-order valence-corrected chi connectivity index (χ1v) is 5.80. The quantitative estimate of drug-likeness (QED) is 0.510. The summed E-state index contributed by atoms with van der Waals surface area (Å²) in [6, 6.07) is -0.385. The molecular weight excluding hydrogens is 208 g/mol. The summed E-state index contributed by atoms with van der Waals surface area (Å²) in [7, 11) is 0. The second-order valence-corrected chi connectivity index (χ2v) is 4.04. The van der Waals surface area contributed by atoms with Crippen LogP contribution in [-0.4, -0.2) is 73.5 Å². The van der Waals surface area contributed by atoms with E-state index < -0.39 is 0 Å². The van der Waals surface area contributed by atoms with Crippen molar-refractivity contribution in [3.8, 4) is 0 Å². The number of primary amides is 1. The van der Waals surface area contributed by atoms with Gasteiger partial charge in [-0.05, 0) is 0 Å². The lowest BCUT2D eigenvalue weighted by atomic mass is 10.4. The van der Waals surface area contributed by atoms with Gasteiger partial charge in [0, 0.05) is 52.4 Å². The van der Waals surface area contributed by atoms with Crippen molar-refractivity contribution < 1.29 is 4.79 Å². The van der Waals surface area contributed by atoms with Crippen molar-refractivity contribution in [2.45, 2.75) is 0 Å². The number of amides is 2. The molecule has 0 aromatic heterocycles. The van der Waals surface area contributed by atoms with E-state index in [4.69, 9.17) is 5.73 Å². The molecule has 0 aromatic rings. The number of hydrogen-bond acceptors (Lipinski definition) is 5. The molecule has 7 heteroatoms. The van der Waals surface area contributed by atoms with E-state index in [9.17, 15) is 4.79 Å². The highest BCUT2D eigenvalue weighted by Crippen LogP contribution is 2.06. The Hall–Kier alpha value is -0.890. The van der Waals surface area contributed by atoms with Crippen molar-refractivity contribution in [1.29, 1.82) is 0 Å². The van der Waals surface area contributed by atoms with Crippen molar-refractivity contribution in [2.75, 3.05) is 52.4 Å². The second-order valence-electron chi connectivity index (χ2n) is 4.04. The van der Waals surface area contributed by atoms with Gasteiger partial charge in [-0.3, -0.25) is 0 Å². The lowest BCUT2D eigenvalue weighted by Crippen LogP contribution is -2.65. The molecular formula is C9H20N6O. The molecule has 92 valence electrons. The predicted molar refractivity (Wildman–Crippen MR) is 60.3 cm³/mol. The molecule has 0 atom stereocenters. The van der Waals surface area contributed by atoms with E-state index in [1.165, 1.54) is 0 Å². The van der Waals surface area contributed by atoms with Gasteiger partial charge in [-0.1, -0.05) is 0 Å². The molecule has 0 saturated carbocycles. The van der Waals surface area contributed by atoms with Gasteiger partial charge < -0.3 is 16.4 Å². The molecule has 16 heavy (non-hydrogen) atoms. The summed E-state index contributed by atoms with van der Waals surface area (Å²) < 4.78 is 0. The SMILES string of the molecule is NC(=O)N(N1CCNCC1)N1CCNCC1. The molecule has 0 aromatic carbocycles. The smallest absolute Gasteiger partial charge is 0.344 e. The summed E-state index contributed by atoms with van der Waals surface area (Å²) in [4.78, 5) is 11.5. The zero-order chi connectivity index (χ0) is 11.4. The number of carbonyl (C=O) groups is 1. The Morgan fingerprint density at radius 1 is 0.938 bits per heavy atom. The van der Waals surface area contributed by atoms with E-state index in [2.05, 4.69) is 10.6 Å². The standard InChI is InChI=1S/C9H20N6O/c10-9(16)15(13-5-1-11-2-6-13)14-7-3-12-4-8-14/h11-12H,1-8H2,(H2,10,16). The average molecular weight is 228 g/mol. The molecule has 2 aliphatic rings. The zero-order valence-electron chi connectivity index (χ0n) is 9.48. The van der Waals surface area contributed by atoms with Gasteiger partial charge >= 0.3 is 6.03 Å². The van der Waals surface area contributed by atoms with E-state index in [1.54, 1.807) is 5.12 Å². The monoisotopic (exact) mass is 228 g/mol. The molecule has 0 radical (unpaired) electrons. The van der Waals surface area contributed by atoms with Crippen molar-refractivity contribution in [3.63, 3.8) is 0 Å². The summed E-state index contributed by atoms with van der Waals surface area (Å²) in [5.41, 5.74) is 5.46. The normalized spacial score (nSPS) is 24.2. The predicted octanol–water partition coefficient (Wildman–Crippen LogP) is -1.99. The maximum absolute atomic E-state index is 11.5. The van der Waals surface area contributed by atoms with Crippen LogP contribution in [0.1, 0.15) is 0 Å².